The Bertz CT molecular complexity index is 727. The molecule has 1 N–H and O–H groups in total. The van der Waals surface area contributed by atoms with Crippen molar-refractivity contribution in [1.82, 2.24) is 0 Å². The number of hydrogen-bond acceptors (Lipinski definition) is 4. The second kappa shape index (κ2) is 5.95. The average molecular weight is 296 g/mol. The number of carbonyl (C=O) groups is 1. The van der Waals surface area contributed by atoms with Crippen molar-refractivity contribution >= 4 is 18.4 Å². The molecule has 112 valence electrons. The van der Waals surface area contributed by atoms with Gasteiger partial charge in [0.25, 0.3) is 0 Å². The second-order valence-electron chi connectivity index (χ2n) is 5.48. The van der Waals surface area contributed by atoms with Crippen molar-refractivity contribution in [2.75, 3.05) is 7.11 Å². The maximum Gasteiger partial charge on any atom is 0.491 e. The third-order valence-corrected chi connectivity index (χ3v) is 3.95. The van der Waals surface area contributed by atoms with Gasteiger partial charge in [0.1, 0.15) is 5.75 Å². The maximum atomic E-state index is 12.4. The van der Waals surface area contributed by atoms with Crippen LogP contribution in [0.15, 0.2) is 36.4 Å². The fraction of sp³-hybridized carbons (Fsp3) is 0.235. The van der Waals surface area contributed by atoms with Crippen LogP contribution >= 0.6 is 0 Å². The highest BCUT2D eigenvalue weighted by atomic mass is 16.5. The van der Waals surface area contributed by atoms with Crippen LogP contribution < -0.4 is 10.2 Å². The van der Waals surface area contributed by atoms with E-state index in [1.54, 1.807) is 13.2 Å². The molecule has 22 heavy (non-hydrogen) atoms. The molecule has 1 heterocycles. The number of fused-ring (bicyclic) bond motifs is 1. The van der Waals surface area contributed by atoms with E-state index in [9.17, 15) is 9.82 Å². The van der Waals surface area contributed by atoms with E-state index in [-0.39, 0.29) is 5.78 Å². The summed E-state index contributed by atoms with van der Waals surface area (Å²) in [5, 5.41) is 9.73. The molecule has 0 radical (unpaired) electrons. The van der Waals surface area contributed by atoms with Crippen molar-refractivity contribution < 1.29 is 19.2 Å². The van der Waals surface area contributed by atoms with Crippen molar-refractivity contribution in [2.24, 2.45) is 0 Å². The first-order valence-electron chi connectivity index (χ1n) is 7.17. The van der Waals surface area contributed by atoms with Gasteiger partial charge in [0.05, 0.1) is 13.7 Å². The quantitative estimate of drug-likeness (QED) is 0.688. The molecule has 0 amide bonds. The van der Waals surface area contributed by atoms with Gasteiger partial charge >= 0.3 is 7.12 Å². The molecule has 1 aliphatic rings. The molecule has 4 nitrogen and oxygen atoms in total. The van der Waals surface area contributed by atoms with Crippen molar-refractivity contribution in [3.63, 3.8) is 0 Å². The van der Waals surface area contributed by atoms with E-state index >= 15 is 0 Å². The third-order valence-electron chi connectivity index (χ3n) is 3.95. The molecule has 0 saturated carbocycles. The molecule has 0 aliphatic carbocycles. The first kappa shape index (κ1) is 14.8. The van der Waals surface area contributed by atoms with E-state index in [1.807, 2.05) is 37.3 Å². The molecule has 2 aromatic carbocycles. The zero-order valence-electron chi connectivity index (χ0n) is 12.6. The van der Waals surface area contributed by atoms with Gasteiger partial charge < -0.3 is 14.4 Å². The van der Waals surface area contributed by atoms with Crippen LogP contribution in [0.4, 0.5) is 0 Å². The Hall–Kier alpha value is -2.11. The predicted octanol–water partition coefficient (Wildman–Crippen LogP) is 1.65. The van der Waals surface area contributed by atoms with Gasteiger partial charge in [0.2, 0.25) is 0 Å². The Labute approximate surface area is 129 Å². The van der Waals surface area contributed by atoms with Gasteiger partial charge in [0, 0.05) is 12.0 Å². The van der Waals surface area contributed by atoms with Crippen LogP contribution in [0.2, 0.25) is 0 Å². The predicted molar refractivity (Wildman–Crippen MR) is 84.6 cm³/mol. The van der Waals surface area contributed by atoms with Crippen LogP contribution in [-0.4, -0.2) is 25.0 Å². The number of rotatable bonds is 4. The van der Waals surface area contributed by atoms with E-state index in [0.29, 0.717) is 18.6 Å². The lowest BCUT2D eigenvalue weighted by Gasteiger charge is -2.08. The number of aryl methyl sites for hydroxylation is 1. The molecule has 0 spiro atoms. The Morgan fingerprint density at radius 2 is 2.14 bits per heavy atom. The van der Waals surface area contributed by atoms with E-state index in [0.717, 1.165) is 27.9 Å². The molecular weight excluding hydrogens is 279 g/mol. The summed E-state index contributed by atoms with van der Waals surface area (Å²) in [5.41, 5.74) is 4.21. The molecule has 5 heteroatoms. The normalized spacial score (nSPS) is 13.1. The molecule has 2 aromatic rings. The minimum Gasteiger partial charge on any atom is -0.496 e. The highest BCUT2D eigenvalue weighted by molar-refractivity contribution is 6.61. The molecule has 1 aliphatic heterocycles. The SMILES string of the molecule is COc1ccc(C(=O)Cc2ccc3c(c2)B(O)OC3)cc1C. The van der Waals surface area contributed by atoms with Crippen molar-refractivity contribution in [1.29, 1.82) is 0 Å². The number of carbonyl (C=O) groups excluding carboxylic acids is 1. The topological polar surface area (TPSA) is 55.8 Å². The summed E-state index contributed by atoms with van der Waals surface area (Å²) >= 11 is 0. The summed E-state index contributed by atoms with van der Waals surface area (Å²) < 4.78 is 10.4. The van der Waals surface area contributed by atoms with E-state index in [1.165, 1.54) is 0 Å². The van der Waals surface area contributed by atoms with E-state index in [2.05, 4.69) is 0 Å². The summed E-state index contributed by atoms with van der Waals surface area (Å²) in [4.78, 5) is 12.4. The fourth-order valence-electron chi connectivity index (χ4n) is 2.71. The number of methoxy groups -OCH3 is 1. The summed E-state index contributed by atoms with van der Waals surface area (Å²) in [6.07, 6.45) is 0.297. The zero-order chi connectivity index (χ0) is 15.7. The van der Waals surface area contributed by atoms with Gasteiger partial charge in [-0.25, -0.2) is 0 Å². The minimum atomic E-state index is -0.881. The van der Waals surface area contributed by atoms with Crippen LogP contribution in [0.3, 0.4) is 0 Å². The Morgan fingerprint density at radius 3 is 2.86 bits per heavy atom. The minimum absolute atomic E-state index is 0.0408. The van der Waals surface area contributed by atoms with Crippen molar-refractivity contribution in [3.05, 3.63) is 58.7 Å². The molecule has 0 fully saturated rings. The maximum absolute atomic E-state index is 12.4. The fourth-order valence-corrected chi connectivity index (χ4v) is 2.71. The lowest BCUT2D eigenvalue weighted by atomic mass is 9.78. The van der Waals surface area contributed by atoms with Gasteiger partial charge in [-0.2, -0.15) is 0 Å². The van der Waals surface area contributed by atoms with Crippen LogP contribution in [-0.2, 0) is 17.7 Å². The Morgan fingerprint density at radius 1 is 1.32 bits per heavy atom. The number of hydrogen-bond donors (Lipinski definition) is 1. The molecule has 0 bridgehead atoms. The largest absolute Gasteiger partial charge is 0.496 e. The molecule has 0 aromatic heterocycles. The number of benzene rings is 2. The molecule has 0 unspecified atom stereocenters. The Balaban J connectivity index is 1.80. The van der Waals surface area contributed by atoms with E-state index in [4.69, 9.17) is 9.39 Å². The van der Waals surface area contributed by atoms with Gasteiger partial charge in [-0.3, -0.25) is 4.79 Å². The lowest BCUT2D eigenvalue weighted by molar-refractivity contribution is 0.0993. The monoisotopic (exact) mass is 296 g/mol. The lowest BCUT2D eigenvalue weighted by Crippen LogP contribution is -2.28. The number of Topliss-reactive ketones (excluding diaryl/α,β-unsaturated/α-hetero) is 1. The first-order valence-corrected chi connectivity index (χ1v) is 7.17. The van der Waals surface area contributed by atoms with E-state index < -0.39 is 7.12 Å². The summed E-state index contributed by atoms with van der Waals surface area (Å²) in [6, 6.07) is 11.1. The summed E-state index contributed by atoms with van der Waals surface area (Å²) in [6.45, 7) is 2.33. The Kier molecular flexibility index (Phi) is 4.01. The van der Waals surface area contributed by atoms with Crippen molar-refractivity contribution in [2.45, 2.75) is 20.0 Å². The van der Waals surface area contributed by atoms with Crippen LogP contribution in [0.5, 0.6) is 5.75 Å². The van der Waals surface area contributed by atoms with Crippen LogP contribution in [0.25, 0.3) is 0 Å². The van der Waals surface area contributed by atoms with Crippen LogP contribution in [0.1, 0.15) is 27.0 Å². The summed E-state index contributed by atoms with van der Waals surface area (Å²) in [7, 11) is 0.732. The van der Waals surface area contributed by atoms with Gasteiger partial charge in [-0.05, 0) is 47.3 Å². The third kappa shape index (κ3) is 2.78. The molecular formula is C17H17BO4. The standard InChI is InChI=1S/C17H17BO4/c1-11-7-13(5-6-17(11)21-2)16(19)9-12-3-4-14-10-22-18(20)15(14)8-12/h3-8,20H,9-10H2,1-2H3. The first-order chi connectivity index (χ1) is 10.6. The average Bonchev–Trinajstić information content (AvgIpc) is 2.88. The van der Waals surface area contributed by atoms with Crippen LogP contribution in [0, 0.1) is 6.92 Å². The van der Waals surface area contributed by atoms with Gasteiger partial charge in [-0.1, -0.05) is 18.2 Å². The second-order valence-corrected chi connectivity index (χ2v) is 5.48. The number of ketones is 1. The highest BCUT2D eigenvalue weighted by Crippen LogP contribution is 2.20. The highest BCUT2D eigenvalue weighted by Gasteiger charge is 2.27. The number of ether oxygens (including phenoxy) is 1. The van der Waals surface area contributed by atoms with Gasteiger partial charge in [0.15, 0.2) is 5.78 Å². The zero-order valence-corrected chi connectivity index (χ0v) is 12.6. The smallest absolute Gasteiger partial charge is 0.491 e. The molecule has 0 saturated heterocycles. The summed E-state index contributed by atoms with van der Waals surface area (Å²) in [5.74, 6) is 0.813. The van der Waals surface area contributed by atoms with Gasteiger partial charge in [-0.15, -0.1) is 0 Å². The molecule has 0 atom stereocenters. The van der Waals surface area contributed by atoms with Crippen molar-refractivity contribution in [3.8, 4) is 5.75 Å². The molecule has 3 rings (SSSR count).